The predicted octanol–water partition coefficient (Wildman–Crippen LogP) is 4.81. The van der Waals surface area contributed by atoms with Crippen LogP contribution in [-0.2, 0) is 0 Å². The fourth-order valence-corrected chi connectivity index (χ4v) is 2.47. The molecule has 0 heterocycles. The van der Waals surface area contributed by atoms with Crippen molar-refractivity contribution in [1.82, 2.24) is 0 Å². The maximum Gasteiger partial charge on any atom is 0.343 e. The molecule has 0 aliphatic carbocycles. The van der Waals surface area contributed by atoms with Crippen LogP contribution in [0, 0.1) is 0 Å². The summed E-state index contributed by atoms with van der Waals surface area (Å²) in [7, 11) is 1.54. The van der Waals surface area contributed by atoms with E-state index in [1.807, 2.05) is 24.3 Å². The molecule has 3 rings (SSSR count). The first-order valence-electron chi connectivity index (χ1n) is 8.39. The Morgan fingerprint density at radius 3 is 2.26 bits per heavy atom. The smallest absolute Gasteiger partial charge is 0.343 e. The fraction of sp³-hybridized carbons (Fsp3) is 0.0435. The van der Waals surface area contributed by atoms with Gasteiger partial charge in [0, 0.05) is 5.56 Å². The number of methoxy groups -OCH3 is 1. The number of ether oxygens (including phenoxy) is 2. The van der Waals surface area contributed by atoms with E-state index >= 15 is 0 Å². The van der Waals surface area contributed by atoms with Gasteiger partial charge < -0.3 is 9.47 Å². The Balaban J connectivity index is 1.71. The van der Waals surface area contributed by atoms with E-state index in [1.54, 1.807) is 60.7 Å². The van der Waals surface area contributed by atoms with Crippen molar-refractivity contribution >= 4 is 17.8 Å². The lowest BCUT2D eigenvalue weighted by Gasteiger charge is -2.06. The zero-order valence-corrected chi connectivity index (χ0v) is 14.8. The topological polar surface area (TPSA) is 52.6 Å². The highest BCUT2D eigenvalue weighted by Crippen LogP contribution is 2.18. The maximum absolute atomic E-state index is 12.3. The summed E-state index contributed by atoms with van der Waals surface area (Å²) < 4.78 is 10.5. The second-order valence-electron chi connectivity index (χ2n) is 5.76. The number of benzene rings is 3. The largest absolute Gasteiger partial charge is 0.497 e. The van der Waals surface area contributed by atoms with Gasteiger partial charge in [-0.15, -0.1) is 0 Å². The molecule has 0 saturated heterocycles. The van der Waals surface area contributed by atoms with E-state index in [0.29, 0.717) is 22.6 Å². The molecule has 0 bridgehead atoms. The van der Waals surface area contributed by atoms with E-state index in [9.17, 15) is 9.59 Å². The zero-order valence-electron chi connectivity index (χ0n) is 14.8. The number of hydrogen-bond acceptors (Lipinski definition) is 4. The van der Waals surface area contributed by atoms with Crippen molar-refractivity contribution in [2.75, 3.05) is 7.11 Å². The summed E-state index contributed by atoms with van der Waals surface area (Å²) in [5.74, 6) is 0.419. The van der Waals surface area contributed by atoms with Crippen LogP contribution in [0.1, 0.15) is 26.3 Å². The number of esters is 1. The summed E-state index contributed by atoms with van der Waals surface area (Å²) in [5.41, 5.74) is 1.78. The lowest BCUT2D eigenvalue weighted by atomic mass is 10.1. The summed E-state index contributed by atoms with van der Waals surface area (Å²) in [6, 6.07) is 22.8. The van der Waals surface area contributed by atoms with Gasteiger partial charge in [0.2, 0.25) is 0 Å². The molecule has 0 spiro atoms. The van der Waals surface area contributed by atoms with Crippen LogP contribution in [0.2, 0.25) is 0 Å². The van der Waals surface area contributed by atoms with Crippen molar-refractivity contribution in [3.8, 4) is 11.5 Å². The molecular formula is C23H18O4. The molecule has 134 valence electrons. The van der Waals surface area contributed by atoms with Crippen LogP contribution in [0.3, 0.4) is 0 Å². The Bertz CT molecular complexity index is 974. The molecule has 0 N–H and O–H groups in total. The van der Waals surface area contributed by atoms with Gasteiger partial charge in [0.1, 0.15) is 11.5 Å². The van der Waals surface area contributed by atoms with Crippen molar-refractivity contribution in [1.29, 1.82) is 0 Å². The summed E-state index contributed by atoms with van der Waals surface area (Å²) in [6.45, 7) is 0. The summed E-state index contributed by atoms with van der Waals surface area (Å²) in [4.78, 5) is 24.4. The third kappa shape index (κ3) is 4.92. The molecular weight excluding hydrogens is 340 g/mol. The average molecular weight is 358 g/mol. The molecule has 3 aromatic carbocycles. The van der Waals surface area contributed by atoms with Crippen LogP contribution in [-0.4, -0.2) is 18.9 Å². The monoisotopic (exact) mass is 358 g/mol. The van der Waals surface area contributed by atoms with E-state index in [4.69, 9.17) is 9.47 Å². The number of carbonyl (C=O) groups excluding carboxylic acids is 2. The molecule has 4 heteroatoms. The first kappa shape index (κ1) is 18.1. The third-order valence-corrected chi connectivity index (χ3v) is 3.86. The minimum Gasteiger partial charge on any atom is -0.497 e. The number of allylic oxidation sites excluding steroid dienone is 1. The SMILES string of the molecule is COc1cccc(C(=O)Oc2cccc(/C=C/C(=O)c3ccccc3)c2)c1. The highest BCUT2D eigenvalue weighted by atomic mass is 16.5. The zero-order chi connectivity index (χ0) is 19.1. The van der Waals surface area contributed by atoms with Crippen molar-refractivity contribution in [3.05, 3.63) is 102 Å². The summed E-state index contributed by atoms with van der Waals surface area (Å²) >= 11 is 0. The van der Waals surface area contributed by atoms with Crippen LogP contribution in [0.4, 0.5) is 0 Å². The quantitative estimate of drug-likeness (QED) is 0.275. The van der Waals surface area contributed by atoms with Crippen molar-refractivity contribution < 1.29 is 19.1 Å². The Morgan fingerprint density at radius 2 is 1.48 bits per heavy atom. The standard InChI is InChI=1S/C23H18O4/c1-26-20-11-6-10-19(16-20)23(25)27-21-12-5-7-17(15-21)13-14-22(24)18-8-3-2-4-9-18/h2-16H,1H3/b14-13+. The van der Waals surface area contributed by atoms with E-state index in [0.717, 1.165) is 5.56 Å². The number of hydrogen-bond donors (Lipinski definition) is 0. The van der Waals surface area contributed by atoms with Gasteiger partial charge in [0.05, 0.1) is 12.7 Å². The molecule has 0 amide bonds. The molecule has 0 aliphatic heterocycles. The van der Waals surface area contributed by atoms with Crippen molar-refractivity contribution in [2.45, 2.75) is 0 Å². The van der Waals surface area contributed by atoms with Crippen LogP contribution in [0.5, 0.6) is 11.5 Å². The van der Waals surface area contributed by atoms with Gasteiger partial charge >= 0.3 is 5.97 Å². The number of carbonyl (C=O) groups is 2. The fourth-order valence-electron chi connectivity index (χ4n) is 2.47. The van der Waals surface area contributed by atoms with Crippen LogP contribution in [0.25, 0.3) is 6.08 Å². The van der Waals surface area contributed by atoms with Gasteiger partial charge in [-0.2, -0.15) is 0 Å². The Kier molecular flexibility index (Phi) is 5.80. The van der Waals surface area contributed by atoms with E-state index < -0.39 is 5.97 Å². The van der Waals surface area contributed by atoms with E-state index in [2.05, 4.69) is 0 Å². The molecule has 27 heavy (non-hydrogen) atoms. The Labute approximate surface area is 157 Å². The van der Waals surface area contributed by atoms with Crippen LogP contribution >= 0.6 is 0 Å². The predicted molar refractivity (Wildman–Crippen MR) is 104 cm³/mol. The molecule has 0 radical (unpaired) electrons. The first-order valence-corrected chi connectivity index (χ1v) is 8.39. The summed E-state index contributed by atoms with van der Waals surface area (Å²) in [6.07, 6.45) is 3.19. The molecule has 0 atom stereocenters. The maximum atomic E-state index is 12.3. The van der Waals surface area contributed by atoms with Gasteiger partial charge in [-0.25, -0.2) is 4.79 Å². The third-order valence-electron chi connectivity index (χ3n) is 3.86. The number of ketones is 1. The molecule has 4 nitrogen and oxygen atoms in total. The lowest BCUT2D eigenvalue weighted by molar-refractivity contribution is 0.0734. The normalized spacial score (nSPS) is 10.6. The van der Waals surface area contributed by atoms with E-state index in [1.165, 1.54) is 13.2 Å². The number of rotatable bonds is 6. The second-order valence-corrected chi connectivity index (χ2v) is 5.76. The highest BCUT2D eigenvalue weighted by molar-refractivity contribution is 6.06. The minimum absolute atomic E-state index is 0.0885. The van der Waals surface area contributed by atoms with Crippen molar-refractivity contribution in [2.24, 2.45) is 0 Å². The molecule has 3 aromatic rings. The first-order chi connectivity index (χ1) is 13.2. The van der Waals surface area contributed by atoms with Gasteiger partial charge in [0.15, 0.2) is 5.78 Å². The van der Waals surface area contributed by atoms with Crippen LogP contribution in [0.15, 0.2) is 84.9 Å². The lowest BCUT2D eigenvalue weighted by Crippen LogP contribution is -2.08. The van der Waals surface area contributed by atoms with Gasteiger partial charge in [-0.1, -0.05) is 54.6 Å². The van der Waals surface area contributed by atoms with Crippen LogP contribution < -0.4 is 9.47 Å². The molecule has 0 saturated carbocycles. The Morgan fingerprint density at radius 1 is 0.778 bits per heavy atom. The van der Waals surface area contributed by atoms with Gasteiger partial charge in [-0.05, 0) is 42.0 Å². The molecule has 0 aliphatic rings. The van der Waals surface area contributed by atoms with E-state index in [-0.39, 0.29) is 5.78 Å². The average Bonchev–Trinajstić information content (AvgIpc) is 2.73. The van der Waals surface area contributed by atoms with Gasteiger partial charge in [-0.3, -0.25) is 4.79 Å². The van der Waals surface area contributed by atoms with Crippen molar-refractivity contribution in [3.63, 3.8) is 0 Å². The second kappa shape index (κ2) is 8.63. The minimum atomic E-state index is -0.476. The summed E-state index contributed by atoms with van der Waals surface area (Å²) in [5, 5.41) is 0. The molecule has 0 aromatic heterocycles. The van der Waals surface area contributed by atoms with Gasteiger partial charge in [0.25, 0.3) is 0 Å². The molecule has 0 unspecified atom stereocenters. The highest BCUT2D eigenvalue weighted by Gasteiger charge is 2.09. The molecule has 0 fully saturated rings. The Hall–Kier alpha value is -3.66.